The molecule has 10 nitrogen and oxygen atoms in total. The zero-order valence-corrected chi connectivity index (χ0v) is 22.7. The molecule has 0 bridgehead atoms. The molecule has 2 heterocycles. The maximum Gasteiger partial charge on any atom is 0.410 e. The third-order valence-electron chi connectivity index (χ3n) is 6.34. The van der Waals surface area contributed by atoms with Crippen molar-refractivity contribution in [2.24, 2.45) is 0 Å². The molecule has 2 aliphatic heterocycles. The summed E-state index contributed by atoms with van der Waals surface area (Å²) in [6.45, 7) is 11.9. The molecule has 10 heteroatoms. The summed E-state index contributed by atoms with van der Waals surface area (Å²) in [5.74, 6) is -0.554. The second-order valence-corrected chi connectivity index (χ2v) is 10.6. The summed E-state index contributed by atoms with van der Waals surface area (Å²) in [6.07, 6.45) is 1.41. The normalized spacial score (nSPS) is 16.7. The Hall–Kier alpha value is -3.30. The van der Waals surface area contributed by atoms with Gasteiger partial charge in [0, 0.05) is 50.9 Å². The number of hydrogen-bond donors (Lipinski definition) is 1. The number of amides is 4. The van der Waals surface area contributed by atoms with Gasteiger partial charge in [0.2, 0.25) is 5.91 Å². The fourth-order valence-corrected chi connectivity index (χ4v) is 4.52. The molecule has 1 aromatic carbocycles. The Balaban J connectivity index is 1.52. The molecule has 1 unspecified atom stereocenters. The van der Waals surface area contributed by atoms with Gasteiger partial charge in [0.15, 0.2) is 0 Å². The van der Waals surface area contributed by atoms with Crippen LogP contribution in [0.4, 0.5) is 15.3 Å². The SMILES string of the molecule is CCOC(=O)CC(C)NC(=O)CCN1CCN(c2ccc3c(c2)CCN(C(=O)OC(C)(C)C)CC3)C1=O. The Morgan fingerprint density at radius 3 is 2.43 bits per heavy atom. The molecule has 3 rings (SSSR count). The first kappa shape index (κ1) is 28.3. The van der Waals surface area contributed by atoms with Crippen LogP contribution in [0.5, 0.6) is 0 Å². The van der Waals surface area contributed by atoms with E-state index in [2.05, 4.69) is 5.32 Å². The van der Waals surface area contributed by atoms with Gasteiger partial charge in [-0.3, -0.25) is 14.5 Å². The number of nitrogens with zero attached hydrogens (tertiary/aromatic N) is 3. The summed E-state index contributed by atoms with van der Waals surface area (Å²) in [7, 11) is 0. The highest BCUT2D eigenvalue weighted by Crippen LogP contribution is 2.26. The van der Waals surface area contributed by atoms with E-state index in [1.807, 2.05) is 39.0 Å². The van der Waals surface area contributed by atoms with Crippen LogP contribution in [-0.4, -0.2) is 84.8 Å². The summed E-state index contributed by atoms with van der Waals surface area (Å²) in [4.78, 5) is 54.6. The van der Waals surface area contributed by atoms with E-state index in [4.69, 9.17) is 9.47 Å². The van der Waals surface area contributed by atoms with Gasteiger partial charge in [0.1, 0.15) is 5.60 Å². The lowest BCUT2D eigenvalue weighted by molar-refractivity contribution is -0.143. The fourth-order valence-electron chi connectivity index (χ4n) is 4.52. The van der Waals surface area contributed by atoms with Crippen molar-refractivity contribution in [2.75, 3.05) is 44.2 Å². The maximum absolute atomic E-state index is 13.1. The predicted octanol–water partition coefficient (Wildman–Crippen LogP) is 3.11. The van der Waals surface area contributed by atoms with Crippen molar-refractivity contribution in [3.05, 3.63) is 29.3 Å². The Kier molecular flexibility index (Phi) is 9.39. The predicted molar refractivity (Wildman–Crippen MR) is 139 cm³/mol. The number of anilines is 1. The Labute approximate surface area is 219 Å². The molecule has 1 N–H and O–H groups in total. The molecule has 37 heavy (non-hydrogen) atoms. The number of hydrogen-bond acceptors (Lipinski definition) is 6. The summed E-state index contributed by atoms with van der Waals surface area (Å²) in [5, 5.41) is 2.79. The summed E-state index contributed by atoms with van der Waals surface area (Å²) < 4.78 is 10.4. The van der Waals surface area contributed by atoms with Crippen molar-refractivity contribution in [2.45, 2.75) is 71.9 Å². The zero-order chi connectivity index (χ0) is 27.2. The Bertz CT molecular complexity index is 1010. The van der Waals surface area contributed by atoms with Gasteiger partial charge < -0.3 is 24.6 Å². The van der Waals surface area contributed by atoms with Crippen LogP contribution in [0.25, 0.3) is 0 Å². The van der Waals surface area contributed by atoms with E-state index >= 15 is 0 Å². The fraction of sp³-hybridized carbons (Fsp3) is 0.630. The van der Waals surface area contributed by atoms with Gasteiger partial charge in [0.05, 0.1) is 13.0 Å². The smallest absolute Gasteiger partial charge is 0.410 e. The van der Waals surface area contributed by atoms with Gasteiger partial charge in [-0.25, -0.2) is 9.59 Å². The van der Waals surface area contributed by atoms with E-state index < -0.39 is 5.60 Å². The van der Waals surface area contributed by atoms with Crippen LogP contribution >= 0.6 is 0 Å². The monoisotopic (exact) mass is 516 g/mol. The maximum atomic E-state index is 13.1. The van der Waals surface area contributed by atoms with Gasteiger partial charge in [-0.05, 0) is 70.7 Å². The lowest BCUT2D eigenvalue weighted by Crippen LogP contribution is -2.38. The molecule has 0 saturated carbocycles. The van der Waals surface area contributed by atoms with Crippen LogP contribution in [0.2, 0.25) is 0 Å². The van der Waals surface area contributed by atoms with Crippen LogP contribution in [-0.2, 0) is 31.9 Å². The quantitative estimate of drug-likeness (QED) is 0.532. The Morgan fingerprint density at radius 1 is 1.05 bits per heavy atom. The molecule has 204 valence electrons. The minimum absolute atomic E-state index is 0.115. The van der Waals surface area contributed by atoms with Crippen LogP contribution < -0.4 is 10.2 Å². The highest BCUT2D eigenvalue weighted by Gasteiger charge is 2.31. The van der Waals surface area contributed by atoms with E-state index in [-0.39, 0.29) is 42.9 Å². The standard InChI is InChI=1S/C27H40N4O6/c1-6-36-24(33)17-19(2)28-23(32)11-14-29-15-16-31(25(29)34)22-8-7-20-9-12-30(13-10-21(20)18-22)26(35)37-27(3,4)5/h7-8,18-19H,6,9-17H2,1-5H3,(H,28,32). The van der Waals surface area contributed by atoms with Crippen molar-refractivity contribution < 1.29 is 28.7 Å². The Morgan fingerprint density at radius 2 is 1.76 bits per heavy atom. The summed E-state index contributed by atoms with van der Waals surface area (Å²) in [6, 6.07) is 5.57. The number of benzene rings is 1. The third-order valence-corrected chi connectivity index (χ3v) is 6.34. The van der Waals surface area contributed by atoms with Gasteiger partial charge >= 0.3 is 18.1 Å². The van der Waals surface area contributed by atoms with E-state index in [0.717, 1.165) is 17.7 Å². The van der Waals surface area contributed by atoms with Gasteiger partial charge in [-0.15, -0.1) is 0 Å². The van der Waals surface area contributed by atoms with Gasteiger partial charge in [-0.2, -0.15) is 0 Å². The molecule has 1 atom stereocenters. The molecule has 0 radical (unpaired) electrons. The summed E-state index contributed by atoms with van der Waals surface area (Å²) >= 11 is 0. The lowest BCUT2D eigenvalue weighted by Gasteiger charge is -2.26. The average molecular weight is 517 g/mol. The first-order chi connectivity index (χ1) is 17.5. The second kappa shape index (κ2) is 12.3. The van der Waals surface area contributed by atoms with E-state index in [0.29, 0.717) is 45.8 Å². The van der Waals surface area contributed by atoms with E-state index in [9.17, 15) is 19.2 Å². The van der Waals surface area contributed by atoms with Gasteiger partial charge in [0.25, 0.3) is 0 Å². The number of urea groups is 1. The number of rotatable bonds is 8. The number of carbonyl (C=O) groups is 4. The molecule has 1 aromatic rings. The van der Waals surface area contributed by atoms with Crippen molar-refractivity contribution in [1.82, 2.24) is 15.1 Å². The van der Waals surface area contributed by atoms with Crippen LogP contribution in [0, 0.1) is 0 Å². The van der Waals surface area contributed by atoms with E-state index in [1.165, 1.54) is 5.56 Å². The lowest BCUT2D eigenvalue weighted by atomic mass is 10.0. The molecule has 2 aliphatic rings. The average Bonchev–Trinajstić information content (AvgIpc) is 3.03. The van der Waals surface area contributed by atoms with E-state index in [1.54, 1.807) is 28.5 Å². The van der Waals surface area contributed by atoms with Gasteiger partial charge in [-0.1, -0.05) is 6.07 Å². The van der Waals surface area contributed by atoms with Crippen molar-refractivity contribution >= 4 is 29.7 Å². The highest BCUT2D eigenvalue weighted by atomic mass is 16.6. The first-order valence-electron chi connectivity index (χ1n) is 13.1. The second-order valence-electron chi connectivity index (χ2n) is 10.6. The van der Waals surface area contributed by atoms with Crippen LogP contribution in [0.3, 0.4) is 0 Å². The molecule has 1 saturated heterocycles. The number of esters is 1. The minimum Gasteiger partial charge on any atom is -0.466 e. The number of fused-ring (bicyclic) bond motifs is 1. The molecular weight excluding hydrogens is 476 g/mol. The highest BCUT2D eigenvalue weighted by molar-refractivity contribution is 5.94. The first-order valence-corrected chi connectivity index (χ1v) is 13.1. The topological polar surface area (TPSA) is 108 Å². The number of nitrogens with one attached hydrogen (secondary N) is 1. The molecule has 0 spiro atoms. The number of carbonyl (C=O) groups excluding carboxylic acids is 4. The molecule has 4 amide bonds. The zero-order valence-electron chi connectivity index (χ0n) is 22.7. The van der Waals surface area contributed by atoms with Crippen molar-refractivity contribution in [1.29, 1.82) is 0 Å². The van der Waals surface area contributed by atoms with Crippen molar-refractivity contribution in [3.8, 4) is 0 Å². The molecule has 0 aliphatic carbocycles. The summed E-state index contributed by atoms with van der Waals surface area (Å²) in [5.41, 5.74) is 2.59. The van der Waals surface area contributed by atoms with Crippen LogP contribution in [0.15, 0.2) is 18.2 Å². The minimum atomic E-state index is -0.535. The number of ether oxygens (including phenoxy) is 2. The van der Waals surface area contributed by atoms with Crippen LogP contribution in [0.1, 0.15) is 58.6 Å². The molecule has 1 fully saturated rings. The molecule has 0 aromatic heterocycles. The largest absolute Gasteiger partial charge is 0.466 e. The van der Waals surface area contributed by atoms with Crippen molar-refractivity contribution in [3.63, 3.8) is 0 Å². The third kappa shape index (κ3) is 8.10. The molecular formula is C27H40N4O6.